The number of likely N-dealkylation sites (N-methyl/N-ethyl adjacent to an activating group) is 1. The quantitative estimate of drug-likeness (QED) is 0.846. The third-order valence-corrected chi connectivity index (χ3v) is 3.21. The number of aliphatic hydroxyl groups excluding tert-OH is 1. The van der Waals surface area contributed by atoms with Gasteiger partial charge in [0.05, 0.1) is 11.6 Å². The maximum atomic E-state index is 12.0. The van der Waals surface area contributed by atoms with Gasteiger partial charge in [0.25, 0.3) is 0 Å². The van der Waals surface area contributed by atoms with Crippen molar-refractivity contribution in [3.05, 3.63) is 12.3 Å². The second kappa shape index (κ2) is 5.41. The van der Waals surface area contributed by atoms with Gasteiger partial charge in [-0.2, -0.15) is 0 Å². The lowest BCUT2D eigenvalue weighted by Crippen LogP contribution is -2.48. The molecule has 0 aromatic rings. The fourth-order valence-electron chi connectivity index (χ4n) is 1.90. The molecule has 0 aliphatic heterocycles. The van der Waals surface area contributed by atoms with Crippen molar-refractivity contribution in [3.8, 4) is 0 Å². The molecule has 0 saturated heterocycles. The van der Waals surface area contributed by atoms with E-state index >= 15 is 0 Å². The summed E-state index contributed by atoms with van der Waals surface area (Å²) in [7, 11) is 5.47. The van der Waals surface area contributed by atoms with Gasteiger partial charge in [0.1, 0.15) is 5.60 Å². The molecular formula is C14H26N2O3. The van der Waals surface area contributed by atoms with Crippen molar-refractivity contribution in [2.24, 2.45) is 0 Å². The first-order valence-electron chi connectivity index (χ1n) is 6.58. The molecule has 1 amide bonds. The molecule has 1 unspecified atom stereocenters. The number of ether oxygens (including phenoxy) is 1. The molecular weight excluding hydrogens is 244 g/mol. The number of hydrogen-bond donors (Lipinski definition) is 1. The topological polar surface area (TPSA) is 53.0 Å². The smallest absolute Gasteiger partial charge is 0.410 e. The predicted molar refractivity (Wildman–Crippen MR) is 74.8 cm³/mol. The van der Waals surface area contributed by atoms with Gasteiger partial charge >= 0.3 is 6.09 Å². The van der Waals surface area contributed by atoms with Gasteiger partial charge in [-0.3, -0.25) is 0 Å². The SMILES string of the molecule is CN(C)/C=C/C(O)C1(N(C)C(=O)OC(C)(C)C)CC1. The zero-order valence-electron chi connectivity index (χ0n) is 12.8. The van der Waals surface area contributed by atoms with Crippen LogP contribution in [0.25, 0.3) is 0 Å². The zero-order chi connectivity index (χ0) is 14.8. The van der Waals surface area contributed by atoms with Gasteiger partial charge in [-0.1, -0.05) is 0 Å². The van der Waals surface area contributed by atoms with Crippen LogP contribution in [0.1, 0.15) is 33.6 Å². The first-order chi connectivity index (χ1) is 8.58. The maximum Gasteiger partial charge on any atom is 0.410 e. The molecule has 5 nitrogen and oxygen atoms in total. The largest absolute Gasteiger partial charge is 0.444 e. The first-order valence-corrected chi connectivity index (χ1v) is 6.58. The van der Waals surface area contributed by atoms with Crippen molar-refractivity contribution in [1.29, 1.82) is 0 Å². The number of rotatable bonds is 4. The van der Waals surface area contributed by atoms with E-state index in [-0.39, 0.29) is 6.09 Å². The third-order valence-electron chi connectivity index (χ3n) is 3.21. The highest BCUT2D eigenvalue weighted by atomic mass is 16.6. The van der Waals surface area contributed by atoms with Gasteiger partial charge in [0.15, 0.2) is 0 Å². The number of carbonyl (C=O) groups is 1. The lowest BCUT2D eigenvalue weighted by atomic mass is 10.1. The maximum absolute atomic E-state index is 12.0. The molecule has 1 aliphatic carbocycles. The second-order valence-electron chi connectivity index (χ2n) is 6.39. The summed E-state index contributed by atoms with van der Waals surface area (Å²) < 4.78 is 5.34. The summed E-state index contributed by atoms with van der Waals surface area (Å²) in [5.41, 5.74) is -1.03. The molecule has 110 valence electrons. The average Bonchev–Trinajstić information content (AvgIpc) is 3.03. The van der Waals surface area contributed by atoms with E-state index in [0.717, 1.165) is 12.8 Å². The van der Waals surface area contributed by atoms with Crippen molar-refractivity contribution in [2.45, 2.75) is 50.9 Å². The molecule has 19 heavy (non-hydrogen) atoms. The van der Waals surface area contributed by atoms with Crippen molar-refractivity contribution < 1.29 is 14.6 Å². The van der Waals surface area contributed by atoms with Crippen LogP contribution in [0.15, 0.2) is 12.3 Å². The van der Waals surface area contributed by atoms with Crippen LogP contribution in [-0.2, 0) is 4.74 Å². The van der Waals surface area contributed by atoms with Crippen LogP contribution >= 0.6 is 0 Å². The molecule has 0 spiro atoms. The molecule has 0 bridgehead atoms. The van der Waals surface area contributed by atoms with Crippen LogP contribution < -0.4 is 0 Å². The number of aliphatic hydroxyl groups is 1. The molecule has 1 fully saturated rings. The summed E-state index contributed by atoms with van der Waals surface area (Å²) in [6.07, 6.45) is 4.04. The van der Waals surface area contributed by atoms with Crippen LogP contribution in [0.2, 0.25) is 0 Å². The van der Waals surface area contributed by atoms with Crippen molar-refractivity contribution in [3.63, 3.8) is 0 Å². The Morgan fingerprint density at radius 2 is 1.84 bits per heavy atom. The van der Waals surface area contributed by atoms with E-state index in [0.29, 0.717) is 0 Å². The van der Waals surface area contributed by atoms with Gasteiger partial charge in [-0.05, 0) is 45.9 Å². The molecule has 1 rings (SSSR count). The minimum atomic E-state index is -0.674. The molecule has 0 aromatic carbocycles. The summed E-state index contributed by atoms with van der Waals surface area (Å²) in [5, 5.41) is 10.2. The lowest BCUT2D eigenvalue weighted by Gasteiger charge is -2.33. The summed E-state index contributed by atoms with van der Waals surface area (Å²) in [6.45, 7) is 5.50. The Labute approximate surface area is 115 Å². The average molecular weight is 270 g/mol. The molecule has 0 radical (unpaired) electrons. The Hall–Kier alpha value is -1.23. The molecule has 1 aliphatic rings. The minimum absolute atomic E-state index is 0.387. The fraction of sp³-hybridized carbons (Fsp3) is 0.786. The van der Waals surface area contributed by atoms with Crippen LogP contribution in [0.3, 0.4) is 0 Å². The zero-order valence-corrected chi connectivity index (χ0v) is 12.8. The van der Waals surface area contributed by atoms with Crippen LogP contribution in [-0.4, -0.2) is 59.4 Å². The van der Waals surface area contributed by atoms with Gasteiger partial charge < -0.3 is 19.6 Å². The summed E-state index contributed by atoms with van der Waals surface area (Å²) >= 11 is 0. The standard InChI is InChI=1S/C14H26N2O3/c1-13(2,3)19-12(18)16(6)14(8-9-14)11(17)7-10-15(4)5/h7,10-11,17H,8-9H2,1-6H3/b10-7+. The molecule has 0 aromatic heterocycles. The number of nitrogens with zero attached hydrogens (tertiary/aromatic N) is 2. The van der Waals surface area contributed by atoms with E-state index in [1.165, 1.54) is 4.90 Å². The predicted octanol–water partition coefficient (Wildman–Crippen LogP) is 1.82. The lowest BCUT2D eigenvalue weighted by molar-refractivity contribution is 0.00341. The van der Waals surface area contributed by atoms with Gasteiger partial charge in [0, 0.05) is 21.1 Å². The summed E-state index contributed by atoms with van der Waals surface area (Å²) in [6, 6.07) is 0. The third kappa shape index (κ3) is 4.13. The summed E-state index contributed by atoms with van der Waals surface area (Å²) in [4.78, 5) is 15.4. The normalized spacial score (nSPS) is 19.1. The van der Waals surface area contributed by atoms with Gasteiger partial charge in [-0.15, -0.1) is 0 Å². The van der Waals surface area contributed by atoms with Gasteiger partial charge in [0.2, 0.25) is 0 Å². The number of carbonyl (C=O) groups excluding carboxylic acids is 1. The fourth-order valence-corrected chi connectivity index (χ4v) is 1.90. The van der Waals surface area contributed by atoms with Crippen molar-refractivity contribution >= 4 is 6.09 Å². The van der Waals surface area contributed by atoms with Crippen molar-refractivity contribution in [1.82, 2.24) is 9.80 Å². The minimum Gasteiger partial charge on any atom is -0.444 e. The number of hydrogen-bond acceptors (Lipinski definition) is 4. The Morgan fingerprint density at radius 1 is 1.32 bits per heavy atom. The highest BCUT2D eigenvalue weighted by Gasteiger charge is 2.54. The van der Waals surface area contributed by atoms with E-state index in [1.54, 1.807) is 19.3 Å². The van der Waals surface area contributed by atoms with E-state index in [4.69, 9.17) is 4.74 Å². The molecule has 1 N–H and O–H groups in total. The monoisotopic (exact) mass is 270 g/mol. The van der Waals surface area contributed by atoms with Gasteiger partial charge in [-0.25, -0.2) is 4.79 Å². The second-order valence-corrected chi connectivity index (χ2v) is 6.39. The number of amides is 1. The Kier molecular flexibility index (Phi) is 4.50. The summed E-state index contributed by atoms with van der Waals surface area (Å²) in [5.74, 6) is 0. The van der Waals surface area contributed by atoms with E-state index in [9.17, 15) is 9.90 Å². The van der Waals surface area contributed by atoms with Crippen molar-refractivity contribution in [2.75, 3.05) is 21.1 Å². The van der Waals surface area contributed by atoms with E-state index in [1.807, 2.05) is 39.8 Å². The van der Waals surface area contributed by atoms with Crippen LogP contribution in [0.4, 0.5) is 4.79 Å². The Morgan fingerprint density at radius 3 is 2.21 bits per heavy atom. The first kappa shape index (κ1) is 15.8. The van der Waals surface area contributed by atoms with E-state index in [2.05, 4.69) is 0 Å². The highest BCUT2D eigenvalue weighted by Crippen LogP contribution is 2.45. The highest BCUT2D eigenvalue weighted by molar-refractivity contribution is 5.69. The molecule has 1 atom stereocenters. The van der Waals surface area contributed by atoms with Crippen LogP contribution in [0, 0.1) is 0 Å². The Balaban J connectivity index is 2.70. The molecule has 0 heterocycles. The Bertz CT molecular complexity index is 354. The van der Waals surface area contributed by atoms with E-state index < -0.39 is 17.2 Å². The van der Waals surface area contributed by atoms with Crippen LogP contribution in [0.5, 0.6) is 0 Å². The molecule has 5 heteroatoms. The molecule has 1 saturated carbocycles.